The Labute approximate surface area is 174 Å². The van der Waals surface area contributed by atoms with Crippen LogP contribution in [0.25, 0.3) is 0 Å². The molecule has 0 aromatic heterocycles. The molecule has 158 valence electrons. The van der Waals surface area contributed by atoms with Crippen molar-refractivity contribution >= 4 is 17.9 Å². The van der Waals surface area contributed by atoms with E-state index in [-0.39, 0.29) is 13.2 Å². The highest BCUT2D eigenvalue weighted by molar-refractivity contribution is 6.08. The van der Waals surface area contributed by atoms with E-state index in [1.807, 2.05) is 25.1 Å². The van der Waals surface area contributed by atoms with E-state index >= 15 is 0 Å². The van der Waals surface area contributed by atoms with E-state index in [0.29, 0.717) is 17.1 Å². The Bertz CT molecular complexity index is 946. The smallest absolute Gasteiger partial charge is 0.326 e. The van der Waals surface area contributed by atoms with Gasteiger partial charge in [-0.2, -0.15) is 0 Å². The molecule has 30 heavy (non-hydrogen) atoms. The normalized spacial score (nSPS) is 18.2. The molecule has 8 nitrogen and oxygen atoms in total. The van der Waals surface area contributed by atoms with E-state index in [2.05, 4.69) is 5.32 Å². The monoisotopic (exact) mass is 412 g/mol. The zero-order chi connectivity index (χ0) is 21.7. The van der Waals surface area contributed by atoms with Gasteiger partial charge in [0.05, 0.1) is 7.11 Å². The summed E-state index contributed by atoms with van der Waals surface area (Å²) >= 11 is 0. The van der Waals surface area contributed by atoms with Crippen LogP contribution in [0, 0.1) is 6.92 Å². The Balaban J connectivity index is 1.57. The molecule has 0 radical (unpaired) electrons. The molecule has 1 saturated heterocycles. The average molecular weight is 412 g/mol. The topological polar surface area (TPSA) is 94.2 Å². The van der Waals surface area contributed by atoms with Gasteiger partial charge < -0.3 is 19.5 Å². The number of benzene rings is 2. The van der Waals surface area contributed by atoms with Crippen LogP contribution < -0.4 is 14.8 Å². The number of carbonyl (C=O) groups excluding carboxylic acids is 3. The average Bonchev–Trinajstić information content (AvgIpc) is 2.96. The van der Waals surface area contributed by atoms with Gasteiger partial charge in [-0.1, -0.05) is 24.3 Å². The second-order valence-corrected chi connectivity index (χ2v) is 7.01. The molecule has 1 N–H and O–H groups in total. The van der Waals surface area contributed by atoms with Crippen molar-refractivity contribution in [1.29, 1.82) is 0 Å². The van der Waals surface area contributed by atoms with E-state index in [0.717, 1.165) is 10.5 Å². The number of rotatable bonds is 8. The molecule has 1 unspecified atom stereocenters. The second-order valence-electron chi connectivity index (χ2n) is 7.01. The third kappa shape index (κ3) is 4.37. The molecule has 1 fully saturated rings. The fourth-order valence-corrected chi connectivity index (χ4v) is 3.23. The van der Waals surface area contributed by atoms with Crippen molar-refractivity contribution in [2.75, 3.05) is 26.9 Å². The summed E-state index contributed by atoms with van der Waals surface area (Å²) < 4.78 is 15.8. The first-order chi connectivity index (χ1) is 14.3. The van der Waals surface area contributed by atoms with E-state index in [9.17, 15) is 14.4 Å². The maximum absolute atomic E-state index is 12.9. The van der Waals surface area contributed by atoms with Gasteiger partial charge in [0.2, 0.25) is 0 Å². The molecular formula is C22H24N2O6. The molecule has 1 atom stereocenters. The minimum atomic E-state index is -1.27. The molecule has 1 aliphatic rings. The lowest BCUT2D eigenvalue weighted by atomic mass is 9.90. The molecule has 2 aromatic carbocycles. The fraction of sp³-hybridized carbons (Fsp3) is 0.318. The number of aryl methyl sites for hydroxylation is 1. The Morgan fingerprint density at radius 3 is 2.50 bits per heavy atom. The molecule has 3 amide bonds. The summed E-state index contributed by atoms with van der Waals surface area (Å²) in [6.45, 7) is 3.15. The van der Waals surface area contributed by atoms with Crippen LogP contribution in [0.15, 0.2) is 48.5 Å². The number of carbonyl (C=O) groups is 3. The first kappa shape index (κ1) is 21.2. The van der Waals surface area contributed by atoms with Crippen molar-refractivity contribution in [3.63, 3.8) is 0 Å². The van der Waals surface area contributed by atoms with Crippen LogP contribution in [0.5, 0.6) is 11.5 Å². The number of methoxy groups -OCH3 is 1. The van der Waals surface area contributed by atoms with Crippen LogP contribution in [-0.2, 0) is 19.9 Å². The van der Waals surface area contributed by atoms with Crippen LogP contribution in [0.2, 0.25) is 0 Å². The number of ether oxygens (including phenoxy) is 3. The quantitative estimate of drug-likeness (QED) is 0.407. The first-order valence-corrected chi connectivity index (χ1v) is 9.48. The maximum atomic E-state index is 12.9. The highest BCUT2D eigenvalue weighted by Gasteiger charge is 2.49. The third-order valence-electron chi connectivity index (χ3n) is 4.89. The number of nitrogens with zero attached hydrogens (tertiary/aromatic N) is 1. The van der Waals surface area contributed by atoms with Crippen molar-refractivity contribution in [2.24, 2.45) is 0 Å². The minimum Gasteiger partial charge on any atom is -0.496 e. The number of amides is 3. The van der Waals surface area contributed by atoms with Crippen LogP contribution in [-0.4, -0.2) is 49.7 Å². The Kier molecular flexibility index (Phi) is 6.25. The van der Waals surface area contributed by atoms with Gasteiger partial charge in [0, 0.05) is 0 Å². The molecule has 0 bridgehead atoms. The highest BCUT2D eigenvalue weighted by atomic mass is 16.6. The zero-order valence-corrected chi connectivity index (χ0v) is 17.1. The molecule has 3 rings (SSSR count). The number of urea groups is 1. The Morgan fingerprint density at radius 1 is 1.10 bits per heavy atom. The zero-order valence-electron chi connectivity index (χ0n) is 17.1. The number of hydrogen-bond acceptors (Lipinski definition) is 6. The maximum Gasteiger partial charge on any atom is 0.326 e. The van der Waals surface area contributed by atoms with Crippen LogP contribution in [0.4, 0.5) is 4.79 Å². The standard InChI is InChI=1S/C22H24N2O6/c1-15-13-16(9-10-18(15)28-3)22(2)20(26)24(21(27)23-22)14-19(25)30-12-11-29-17-7-5-4-6-8-17/h4-10,13H,11-12,14H2,1-3H3,(H,23,27). The van der Waals surface area contributed by atoms with Crippen molar-refractivity contribution in [3.05, 3.63) is 59.7 Å². The largest absolute Gasteiger partial charge is 0.496 e. The van der Waals surface area contributed by atoms with Crippen LogP contribution in [0.3, 0.4) is 0 Å². The van der Waals surface area contributed by atoms with Gasteiger partial charge in [-0.15, -0.1) is 0 Å². The third-order valence-corrected chi connectivity index (χ3v) is 4.89. The lowest BCUT2D eigenvalue weighted by molar-refractivity contribution is -0.148. The summed E-state index contributed by atoms with van der Waals surface area (Å²) in [6, 6.07) is 13.7. The molecule has 2 aromatic rings. The summed E-state index contributed by atoms with van der Waals surface area (Å²) in [7, 11) is 1.56. The van der Waals surface area contributed by atoms with Gasteiger partial charge in [0.25, 0.3) is 5.91 Å². The van der Waals surface area contributed by atoms with Crippen LogP contribution >= 0.6 is 0 Å². The number of imide groups is 1. The fourth-order valence-electron chi connectivity index (χ4n) is 3.23. The number of nitrogens with one attached hydrogen (secondary N) is 1. The summed E-state index contributed by atoms with van der Waals surface area (Å²) in [6.07, 6.45) is 0. The summed E-state index contributed by atoms with van der Waals surface area (Å²) in [5.41, 5.74) is 0.158. The molecule has 1 aliphatic heterocycles. The highest BCUT2D eigenvalue weighted by Crippen LogP contribution is 2.31. The molecule has 1 heterocycles. The predicted molar refractivity (Wildman–Crippen MR) is 108 cm³/mol. The van der Waals surface area contributed by atoms with Gasteiger partial charge in [-0.05, 0) is 49.2 Å². The molecule has 0 saturated carbocycles. The molecule has 0 spiro atoms. The Morgan fingerprint density at radius 2 is 1.83 bits per heavy atom. The van der Waals surface area contributed by atoms with E-state index < -0.39 is 30.0 Å². The molecule has 8 heteroatoms. The molecule has 0 aliphatic carbocycles. The van der Waals surface area contributed by atoms with Gasteiger partial charge in [-0.3, -0.25) is 14.5 Å². The lowest BCUT2D eigenvalue weighted by Crippen LogP contribution is -2.41. The van der Waals surface area contributed by atoms with Crippen LogP contribution in [0.1, 0.15) is 18.1 Å². The van der Waals surface area contributed by atoms with E-state index in [1.165, 1.54) is 0 Å². The summed E-state index contributed by atoms with van der Waals surface area (Å²) in [5.74, 6) is 0.130. The van der Waals surface area contributed by atoms with Crippen molar-refractivity contribution in [3.8, 4) is 11.5 Å². The molecular weight excluding hydrogens is 388 g/mol. The summed E-state index contributed by atoms with van der Waals surface area (Å²) in [5, 5.41) is 2.67. The van der Waals surface area contributed by atoms with E-state index in [4.69, 9.17) is 14.2 Å². The summed E-state index contributed by atoms with van der Waals surface area (Å²) in [4.78, 5) is 38.3. The predicted octanol–water partition coefficient (Wildman–Crippen LogP) is 2.39. The van der Waals surface area contributed by atoms with Gasteiger partial charge in [0.1, 0.15) is 36.8 Å². The second kappa shape index (κ2) is 8.86. The van der Waals surface area contributed by atoms with Gasteiger partial charge in [-0.25, -0.2) is 4.79 Å². The van der Waals surface area contributed by atoms with Crippen molar-refractivity contribution in [1.82, 2.24) is 10.2 Å². The lowest BCUT2D eigenvalue weighted by Gasteiger charge is -2.23. The number of hydrogen-bond donors (Lipinski definition) is 1. The Hall–Kier alpha value is -3.55. The first-order valence-electron chi connectivity index (χ1n) is 9.48. The SMILES string of the molecule is COc1ccc(C2(C)NC(=O)N(CC(=O)OCCOc3ccccc3)C2=O)cc1C. The number of para-hydroxylation sites is 1. The van der Waals surface area contributed by atoms with Gasteiger partial charge >= 0.3 is 12.0 Å². The van der Waals surface area contributed by atoms with E-state index in [1.54, 1.807) is 44.4 Å². The number of esters is 1. The van der Waals surface area contributed by atoms with Crippen molar-refractivity contribution in [2.45, 2.75) is 19.4 Å². The minimum absolute atomic E-state index is 0.00627. The van der Waals surface area contributed by atoms with Crippen molar-refractivity contribution < 1.29 is 28.6 Å². The van der Waals surface area contributed by atoms with Gasteiger partial charge in [0.15, 0.2) is 0 Å².